The summed E-state index contributed by atoms with van der Waals surface area (Å²) in [5, 5.41) is 9.26. The molecule has 0 aliphatic rings. The normalized spacial score (nSPS) is 12.0. The Morgan fingerprint density at radius 2 is 1.64 bits per heavy atom. The number of nitrogens with zero attached hydrogens (tertiary/aromatic N) is 4. The largest absolute Gasteiger partial charge is 0.573 e. The zero-order valence-corrected chi connectivity index (χ0v) is 16.1. The fourth-order valence-corrected chi connectivity index (χ4v) is 2.68. The van der Waals surface area contributed by atoms with Crippen molar-refractivity contribution in [3.63, 3.8) is 0 Å². The molecule has 7 nitrogen and oxygen atoms in total. The molecule has 0 bridgehead atoms. The third kappa shape index (κ3) is 5.48. The van der Waals surface area contributed by atoms with Crippen LogP contribution in [0.3, 0.4) is 0 Å². The van der Waals surface area contributed by atoms with Crippen LogP contribution in [-0.4, -0.2) is 22.1 Å². The molecule has 33 heavy (non-hydrogen) atoms. The van der Waals surface area contributed by atoms with Crippen molar-refractivity contribution < 1.29 is 31.1 Å². The molecule has 0 radical (unpaired) electrons. The van der Waals surface area contributed by atoms with Crippen LogP contribution in [0.15, 0.2) is 58.3 Å². The molecule has 3 rings (SSSR count). The van der Waals surface area contributed by atoms with E-state index in [0.29, 0.717) is 0 Å². The molecule has 0 spiro atoms. The minimum absolute atomic E-state index is 0.00925. The fourth-order valence-electron chi connectivity index (χ4n) is 2.68. The van der Waals surface area contributed by atoms with E-state index in [-0.39, 0.29) is 22.8 Å². The van der Waals surface area contributed by atoms with Crippen LogP contribution in [-0.2, 0) is 6.18 Å². The number of hydrogen-bond donors (Lipinski definition) is 1. The lowest BCUT2D eigenvalue weighted by Gasteiger charge is -2.13. The second kappa shape index (κ2) is 8.65. The number of hydrogen-bond acceptors (Lipinski definition) is 6. The molecule has 13 heteroatoms. The van der Waals surface area contributed by atoms with Crippen LogP contribution >= 0.6 is 0 Å². The maximum Gasteiger partial charge on any atom is 0.573 e. The van der Waals surface area contributed by atoms with E-state index in [9.17, 15) is 36.4 Å². The molecule has 170 valence electrons. The van der Waals surface area contributed by atoms with Crippen molar-refractivity contribution in [2.45, 2.75) is 12.5 Å². The van der Waals surface area contributed by atoms with E-state index >= 15 is 0 Å². The van der Waals surface area contributed by atoms with E-state index in [2.05, 4.69) is 14.7 Å². The molecule has 0 fully saturated rings. The van der Waals surface area contributed by atoms with Gasteiger partial charge in [0.05, 0.1) is 11.3 Å². The molecule has 0 aliphatic carbocycles. The highest BCUT2D eigenvalue weighted by Gasteiger charge is 2.31. The van der Waals surface area contributed by atoms with E-state index in [4.69, 9.17) is 5.73 Å². The first-order chi connectivity index (χ1) is 15.4. The third-order valence-corrected chi connectivity index (χ3v) is 4.12. The fraction of sp³-hybridized carbons (Fsp3) is 0.100. The van der Waals surface area contributed by atoms with Gasteiger partial charge in [-0.15, -0.1) is 13.2 Å². The lowest BCUT2D eigenvalue weighted by atomic mass is 10.1. The van der Waals surface area contributed by atoms with E-state index in [0.717, 1.165) is 59.3 Å². The van der Waals surface area contributed by atoms with Gasteiger partial charge in [0.1, 0.15) is 23.3 Å². The molecule has 1 heterocycles. The van der Waals surface area contributed by atoms with Crippen LogP contribution in [0.2, 0.25) is 0 Å². The first kappa shape index (κ1) is 23.3. The molecule has 0 aliphatic heterocycles. The Balaban J connectivity index is 2.00. The SMILES string of the molecule is N#Cc1nc(=O)n(-c2ccc(OC(F)(F)F)cc2)c(N)c1N=Cc1ccc(C(F)(F)F)cc1. The Bertz CT molecular complexity index is 1290. The molecule has 2 aromatic carbocycles. The summed E-state index contributed by atoms with van der Waals surface area (Å²) < 4.78 is 79.6. The number of aromatic nitrogens is 2. The van der Waals surface area contributed by atoms with Crippen molar-refractivity contribution in [3.8, 4) is 17.5 Å². The lowest BCUT2D eigenvalue weighted by Crippen LogP contribution is -2.25. The Morgan fingerprint density at radius 3 is 2.15 bits per heavy atom. The standard InChI is InChI=1S/C20H11F6N5O2/c21-19(22,23)12-3-1-11(2-4-12)10-29-16-15(9-27)30-18(32)31(17(16)28)13-5-7-14(8-6-13)33-20(24,25)26/h1-8,10H,28H2. The average Bonchev–Trinajstić information content (AvgIpc) is 2.72. The molecule has 2 N–H and O–H groups in total. The van der Waals surface area contributed by atoms with Crippen LogP contribution in [0.1, 0.15) is 16.8 Å². The Morgan fingerprint density at radius 1 is 1.03 bits per heavy atom. The van der Waals surface area contributed by atoms with Gasteiger partial charge in [0.2, 0.25) is 0 Å². The first-order valence-corrected chi connectivity index (χ1v) is 8.79. The maximum atomic E-state index is 12.7. The molecule has 3 aromatic rings. The molecule has 0 atom stereocenters. The van der Waals surface area contributed by atoms with Gasteiger partial charge in [-0.05, 0) is 42.0 Å². The molecular formula is C20H11F6N5O2. The number of halogens is 6. The number of nitrogen functional groups attached to an aromatic ring is 1. The maximum absolute atomic E-state index is 12.7. The smallest absolute Gasteiger partial charge is 0.406 e. The van der Waals surface area contributed by atoms with E-state index in [1.807, 2.05) is 0 Å². The van der Waals surface area contributed by atoms with Gasteiger partial charge in [0, 0.05) is 6.21 Å². The van der Waals surface area contributed by atoms with Gasteiger partial charge in [-0.3, -0.25) is 0 Å². The summed E-state index contributed by atoms with van der Waals surface area (Å²) >= 11 is 0. The zero-order valence-electron chi connectivity index (χ0n) is 16.1. The second-order valence-corrected chi connectivity index (χ2v) is 6.34. The predicted octanol–water partition coefficient (Wildman–Crippen LogP) is 4.35. The number of aliphatic imine (C=N–C) groups is 1. The zero-order chi connectivity index (χ0) is 24.4. The molecule has 1 aromatic heterocycles. The Labute approximate surface area is 181 Å². The highest BCUT2D eigenvalue weighted by molar-refractivity contribution is 5.84. The highest BCUT2D eigenvalue weighted by Crippen LogP contribution is 2.30. The molecule has 0 amide bonds. The van der Waals surface area contributed by atoms with Gasteiger partial charge in [0.15, 0.2) is 5.69 Å². The van der Waals surface area contributed by atoms with Gasteiger partial charge in [-0.25, -0.2) is 14.4 Å². The van der Waals surface area contributed by atoms with Gasteiger partial charge in [-0.2, -0.15) is 23.4 Å². The molecule has 0 unspecified atom stereocenters. The van der Waals surface area contributed by atoms with Crippen molar-refractivity contribution in [2.75, 3.05) is 5.73 Å². The topological polar surface area (TPSA) is 106 Å². The summed E-state index contributed by atoms with van der Waals surface area (Å²) in [6, 6.07) is 9.68. The number of benzene rings is 2. The first-order valence-electron chi connectivity index (χ1n) is 8.79. The summed E-state index contributed by atoms with van der Waals surface area (Å²) in [5.41, 5.74) is 3.64. The van der Waals surface area contributed by atoms with E-state index < -0.39 is 35.2 Å². The van der Waals surface area contributed by atoms with Crippen molar-refractivity contribution in [3.05, 3.63) is 75.8 Å². The minimum atomic E-state index is -4.91. The van der Waals surface area contributed by atoms with Crippen LogP contribution in [0.25, 0.3) is 5.69 Å². The summed E-state index contributed by atoms with van der Waals surface area (Å²) in [5.74, 6) is -0.903. The second-order valence-electron chi connectivity index (χ2n) is 6.34. The molecule has 0 saturated carbocycles. The van der Waals surface area contributed by atoms with Crippen LogP contribution in [0.5, 0.6) is 5.75 Å². The number of nitrogens with two attached hydrogens (primary N) is 1. The average molecular weight is 467 g/mol. The van der Waals surface area contributed by atoms with Crippen LogP contribution in [0.4, 0.5) is 37.8 Å². The summed E-state index contributed by atoms with van der Waals surface area (Å²) in [6.45, 7) is 0. The predicted molar refractivity (Wildman–Crippen MR) is 104 cm³/mol. The monoisotopic (exact) mass is 467 g/mol. The van der Waals surface area contributed by atoms with Crippen LogP contribution in [0, 0.1) is 11.3 Å². The minimum Gasteiger partial charge on any atom is -0.406 e. The van der Waals surface area contributed by atoms with E-state index in [1.54, 1.807) is 6.07 Å². The number of alkyl halides is 6. The Kier molecular flexibility index (Phi) is 6.12. The van der Waals surface area contributed by atoms with Gasteiger partial charge in [-0.1, -0.05) is 12.1 Å². The number of ether oxygens (including phenoxy) is 1. The summed E-state index contributed by atoms with van der Waals surface area (Å²) in [4.78, 5) is 19.9. The summed E-state index contributed by atoms with van der Waals surface area (Å²) in [6.07, 6.45) is -8.31. The van der Waals surface area contributed by atoms with Crippen LogP contribution < -0.4 is 16.2 Å². The molecular weight excluding hydrogens is 456 g/mol. The van der Waals surface area contributed by atoms with Gasteiger partial charge >= 0.3 is 18.2 Å². The third-order valence-electron chi connectivity index (χ3n) is 4.12. The van der Waals surface area contributed by atoms with Crippen molar-refractivity contribution in [1.82, 2.24) is 9.55 Å². The van der Waals surface area contributed by atoms with Crippen molar-refractivity contribution in [1.29, 1.82) is 5.26 Å². The quantitative estimate of drug-likeness (QED) is 0.454. The Hall–Kier alpha value is -4.34. The highest BCUT2D eigenvalue weighted by atomic mass is 19.4. The van der Waals surface area contributed by atoms with Gasteiger partial charge in [0.25, 0.3) is 0 Å². The van der Waals surface area contributed by atoms with Crippen molar-refractivity contribution >= 4 is 17.7 Å². The van der Waals surface area contributed by atoms with Gasteiger partial charge < -0.3 is 10.5 Å². The van der Waals surface area contributed by atoms with Crippen molar-refractivity contribution in [2.24, 2.45) is 4.99 Å². The number of nitriles is 1. The van der Waals surface area contributed by atoms with E-state index in [1.165, 1.54) is 0 Å². The number of rotatable bonds is 4. The number of anilines is 1. The summed E-state index contributed by atoms with van der Waals surface area (Å²) in [7, 11) is 0. The lowest BCUT2D eigenvalue weighted by molar-refractivity contribution is -0.274. The molecule has 0 saturated heterocycles.